The molecule has 2 aromatic heterocycles. The van der Waals surface area contributed by atoms with Crippen LogP contribution in [0.25, 0.3) is 22.4 Å². The highest BCUT2D eigenvalue weighted by Gasteiger charge is 2.23. The molecule has 2 unspecified atom stereocenters. The average Bonchev–Trinajstić information content (AvgIpc) is 2.61. The molecule has 0 spiro atoms. The van der Waals surface area contributed by atoms with E-state index in [1.165, 1.54) is 6.42 Å². The van der Waals surface area contributed by atoms with Gasteiger partial charge < -0.3 is 4.90 Å². The summed E-state index contributed by atoms with van der Waals surface area (Å²) in [7, 11) is 0. The molecule has 1 saturated heterocycles. The third-order valence-electron chi connectivity index (χ3n) is 4.51. The van der Waals surface area contributed by atoms with Crippen molar-refractivity contribution in [3.63, 3.8) is 0 Å². The number of nitrogens with zero attached hydrogens (tertiary/aromatic N) is 5. The van der Waals surface area contributed by atoms with E-state index in [4.69, 9.17) is 0 Å². The number of hydrogen-bond acceptors (Lipinski definition) is 5. The first-order chi connectivity index (χ1) is 11.7. The summed E-state index contributed by atoms with van der Waals surface area (Å²) in [4.78, 5) is 20.6. The second-order valence-electron chi connectivity index (χ2n) is 6.85. The predicted molar refractivity (Wildman–Crippen MR) is 95.7 cm³/mol. The Morgan fingerprint density at radius 3 is 2.42 bits per heavy atom. The number of piperidine rings is 1. The van der Waals surface area contributed by atoms with Crippen molar-refractivity contribution in [2.45, 2.75) is 20.3 Å². The van der Waals surface area contributed by atoms with Gasteiger partial charge in [0.15, 0.2) is 5.65 Å². The van der Waals surface area contributed by atoms with E-state index in [1.807, 2.05) is 30.3 Å². The van der Waals surface area contributed by atoms with E-state index in [0.29, 0.717) is 17.5 Å². The van der Waals surface area contributed by atoms with Crippen molar-refractivity contribution in [3.8, 4) is 11.3 Å². The number of benzene rings is 1. The zero-order chi connectivity index (χ0) is 16.5. The van der Waals surface area contributed by atoms with Gasteiger partial charge in [0.25, 0.3) is 0 Å². The van der Waals surface area contributed by atoms with E-state index in [-0.39, 0.29) is 0 Å². The molecule has 1 aliphatic rings. The molecule has 0 amide bonds. The molecule has 3 heterocycles. The van der Waals surface area contributed by atoms with Crippen molar-refractivity contribution in [1.29, 1.82) is 0 Å². The highest BCUT2D eigenvalue weighted by Crippen LogP contribution is 2.25. The molecule has 0 aliphatic carbocycles. The lowest BCUT2D eigenvalue weighted by molar-refractivity contribution is 0.354. The molecular formula is C19H21N5. The maximum Gasteiger partial charge on any atom is 0.227 e. The summed E-state index contributed by atoms with van der Waals surface area (Å²) in [6.07, 6.45) is 4.85. The van der Waals surface area contributed by atoms with Gasteiger partial charge in [-0.15, -0.1) is 0 Å². The van der Waals surface area contributed by atoms with Crippen LogP contribution in [0.2, 0.25) is 0 Å². The lowest BCUT2D eigenvalue weighted by Gasteiger charge is -2.34. The zero-order valence-corrected chi connectivity index (χ0v) is 14.1. The summed E-state index contributed by atoms with van der Waals surface area (Å²) in [6, 6.07) is 10.1. The quantitative estimate of drug-likeness (QED) is 0.723. The summed E-state index contributed by atoms with van der Waals surface area (Å²) < 4.78 is 0. The fraction of sp³-hybridized carbons (Fsp3) is 0.368. The molecule has 1 fully saturated rings. The molecule has 122 valence electrons. The SMILES string of the molecule is CC1CC(C)CN(c2ncc3nc(-c4ccccc4)cnc3n2)C1. The lowest BCUT2D eigenvalue weighted by atomic mass is 9.92. The van der Waals surface area contributed by atoms with E-state index in [0.717, 1.165) is 35.8 Å². The van der Waals surface area contributed by atoms with Crippen LogP contribution in [0.15, 0.2) is 42.7 Å². The Morgan fingerprint density at radius 2 is 1.67 bits per heavy atom. The normalized spacial score (nSPS) is 21.2. The highest BCUT2D eigenvalue weighted by molar-refractivity contribution is 5.73. The van der Waals surface area contributed by atoms with Gasteiger partial charge in [-0.05, 0) is 18.3 Å². The van der Waals surface area contributed by atoms with Crippen molar-refractivity contribution >= 4 is 17.1 Å². The summed E-state index contributed by atoms with van der Waals surface area (Å²) in [6.45, 7) is 6.59. The Labute approximate surface area is 141 Å². The zero-order valence-electron chi connectivity index (χ0n) is 14.1. The molecule has 0 bridgehead atoms. The van der Waals surface area contributed by atoms with Gasteiger partial charge in [-0.3, -0.25) is 0 Å². The van der Waals surface area contributed by atoms with Crippen LogP contribution < -0.4 is 4.90 Å². The van der Waals surface area contributed by atoms with Crippen LogP contribution in [0.3, 0.4) is 0 Å². The third-order valence-corrected chi connectivity index (χ3v) is 4.51. The number of hydrogen-bond donors (Lipinski definition) is 0. The largest absolute Gasteiger partial charge is 0.340 e. The molecule has 0 saturated carbocycles. The van der Waals surface area contributed by atoms with Gasteiger partial charge in [0, 0.05) is 18.7 Å². The van der Waals surface area contributed by atoms with E-state index in [9.17, 15) is 0 Å². The van der Waals surface area contributed by atoms with E-state index < -0.39 is 0 Å². The minimum absolute atomic E-state index is 0.658. The molecular weight excluding hydrogens is 298 g/mol. The molecule has 5 heteroatoms. The van der Waals surface area contributed by atoms with Crippen LogP contribution in [0.1, 0.15) is 20.3 Å². The van der Waals surface area contributed by atoms with Crippen LogP contribution in [-0.4, -0.2) is 33.0 Å². The molecule has 1 aliphatic heterocycles. The van der Waals surface area contributed by atoms with E-state index in [1.54, 1.807) is 12.4 Å². The van der Waals surface area contributed by atoms with E-state index >= 15 is 0 Å². The number of anilines is 1. The van der Waals surface area contributed by atoms with Crippen molar-refractivity contribution in [2.75, 3.05) is 18.0 Å². The number of rotatable bonds is 2. The van der Waals surface area contributed by atoms with Gasteiger partial charge in [0.1, 0.15) is 5.52 Å². The Bertz CT molecular complexity index is 839. The second-order valence-corrected chi connectivity index (χ2v) is 6.85. The fourth-order valence-corrected chi connectivity index (χ4v) is 3.54. The van der Waals surface area contributed by atoms with Gasteiger partial charge in [-0.1, -0.05) is 44.2 Å². The van der Waals surface area contributed by atoms with Gasteiger partial charge >= 0.3 is 0 Å². The number of aromatic nitrogens is 4. The third kappa shape index (κ3) is 2.94. The van der Waals surface area contributed by atoms with Crippen LogP contribution in [-0.2, 0) is 0 Å². The summed E-state index contributed by atoms with van der Waals surface area (Å²) in [5.41, 5.74) is 3.29. The predicted octanol–water partition coefficient (Wildman–Crippen LogP) is 3.57. The topological polar surface area (TPSA) is 54.8 Å². The molecule has 0 radical (unpaired) electrons. The highest BCUT2D eigenvalue weighted by atomic mass is 15.3. The Balaban J connectivity index is 1.67. The maximum atomic E-state index is 4.66. The summed E-state index contributed by atoms with van der Waals surface area (Å²) >= 11 is 0. The standard InChI is InChI=1S/C19H21N5/c1-13-8-14(2)12-24(11-13)19-21-10-17-18(23-19)20-9-16(22-17)15-6-4-3-5-7-15/h3-7,9-10,13-14H,8,11-12H2,1-2H3. The fourth-order valence-electron chi connectivity index (χ4n) is 3.54. The maximum absolute atomic E-state index is 4.66. The van der Waals surface area contributed by atoms with Crippen molar-refractivity contribution in [1.82, 2.24) is 19.9 Å². The summed E-state index contributed by atoms with van der Waals surface area (Å²) in [5.74, 6) is 2.10. The molecule has 1 aromatic carbocycles. The monoisotopic (exact) mass is 319 g/mol. The van der Waals surface area contributed by atoms with Crippen molar-refractivity contribution < 1.29 is 0 Å². The Hall–Kier alpha value is -2.56. The molecule has 4 rings (SSSR count). The molecule has 24 heavy (non-hydrogen) atoms. The summed E-state index contributed by atoms with van der Waals surface area (Å²) in [5, 5.41) is 0. The molecule has 5 nitrogen and oxygen atoms in total. The van der Waals surface area contributed by atoms with E-state index in [2.05, 4.69) is 38.7 Å². The van der Waals surface area contributed by atoms with Crippen LogP contribution in [0, 0.1) is 11.8 Å². The van der Waals surface area contributed by atoms with Crippen molar-refractivity contribution in [2.24, 2.45) is 11.8 Å². The van der Waals surface area contributed by atoms with Crippen molar-refractivity contribution in [3.05, 3.63) is 42.7 Å². The van der Waals surface area contributed by atoms with Gasteiger partial charge in [0.05, 0.1) is 18.1 Å². The molecule has 3 aromatic rings. The van der Waals surface area contributed by atoms with Gasteiger partial charge in [0.2, 0.25) is 5.95 Å². The van der Waals surface area contributed by atoms with Gasteiger partial charge in [-0.25, -0.2) is 15.0 Å². The van der Waals surface area contributed by atoms with Gasteiger partial charge in [-0.2, -0.15) is 4.98 Å². The lowest BCUT2D eigenvalue weighted by Crippen LogP contribution is -2.39. The van der Waals surface area contributed by atoms with Crippen LogP contribution in [0.5, 0.6) is 0 Å². The first-order valence-corrected chi connectivity index (χ1v) is 8.49. The minimum atomic E-state index is 0.658. The minimum Gasteiger partial charge on any atom is -0.340 e. The second kappa shape index (κ2) is 6.15. The first kappa shape index (κ1) is 15.0. The molecule has 2 atom stereocenters. The van der Waals surface area contributed by atoms with Crippen LogP contribution >= 0.6 is 0 Å². The molecule has 0 N–H and O–H groups in total. The Kier molecular flexibility index (Phi) is 3.84. The number of fused-ring (bicyclic) bond motifs is 1. The average molecular weight is 319 g/mol. The first-order valence-electron chi connectivity index (χ1n) is 8.49. The Morgan fingerprint density at radius 1 is 0.917 bits per heavy atom. The van der Waals surface area contributed by atoms with Crippen LogP contribution in [0.4, 0.5) is 5.95 Å². The smallest absolute Gasteiger partial charge is 0.227 e.